The zero-order valence-electron chi connectivity index (χ0n) is 12.7. The Labute approximate surface area is 160 Å². The molecule has 0 saturated carbocycles. The summed E-state index contributed by atoms with van der Waals surface area (Å²) in [6, 6.07) is 6.10. The van der Waals surface area contributed by atoms with Gasteiger partial charge < -0.3 is 15.2 Å². The van der Waals surface area contributed by atoms with E-state index in [-0.39, 0.29) is 24.0 Å². The van der Waals surface area contributed by atoms with Crippen molar-refractivity contribution in [3.63, 3.8) is 0 Å². The number of hydrogen-bond donors (Lipinski definition) is 2. The highest BCUT2D eigenvalue weighted by Crippen LogP contribution is 2.21. The van der Waals surface area contributed by atoms with Crippen LogP contribution in [0.15, 0.2) is 31.5 Å². The fourth-order valence-corrected chi connectivity index (χ4v) is 3.12. The number of aliphatic imine (C=N–C) groups is 1. The van der Waals surface area contributed by atoms with Crippen LogP contribution in [0.4, 0.5) is 0 Å². The monoisotopic (exact) mass is 498 g/mol. The molecule has 0 aliphatic carbocycles. The molecule has 0 aliphatic rings. The van der Waals surface area contributed by atoms with Crippen LogP contribution < -0.4 is 10.6 Å². The van der Waals surface area contributed by atoms with Crippen LogP contribution in [0.5, 0.6) is 0 Å². The fourth-order valence-electron chi connectivity index (χ4n) is 1.69. The lowest BCUT2D eigenvalue weighted by atomic mass is 10.1. The Balaban J connectivity index is 0.00000242. The molecule has 0 fully saturated rings. The van der Waals surface area contributed by atoms with Gasteiger partial charge in [-0.15, -0.1) is 35.3 Å². The van der Waals surface area contributed by atoms with E-state index in [0.29, 0.717) is 12.5 Å². The molecule has 0 unspecified atom stereocenters. The minimum Gasteiger partial charge on any atom is -0.359 e. The Kier molecular flexibility index (Phi) is 8.40. The maximum absolute atomic E-state index is 5.29. The SMILES string of the molecule is CN=C(NCc1cc(C(C)C)no1)NCc1ccc(Br)s1.I. The third kappa shape index (κ3) is 5.88. The van der Waals surface area contributed by atoms with Crippen molar-refractivity contribution in [2.24, 2.45) is 4.99 Å². The lowest BCUT2D eigenvalue weighted by Gasteiger charge is -2.09. The number of nitrogens with one attached hydrogen (secondary N) is 2. The molecule has 8 heteroatoms. The Bertz CT molecular complexity index is 612. The summed E-state index contributed by atoms with van der Waals surface area (Å²) in [5.74, 6) is 1.92. The Morgan fingerprint density at radius 2 is 2.09 bits per heavy atom. The minimum absolute atomic E-state index is 0. The molecule has 0 bridgehead atoms. The van der Waals surface area contributed by atoms with E-state index in [1.807, 2.05) is 12.1 Å². The van der Waals surface area contributed by atoms with Crippen molar-refractivity contribution in [2.75, 3.05) is 7.05 Å². The van der Waals surface area contributed by atoms with Gasteiger partial charge in [-0.05, 0) is 34.0 Å². The first-order valence-electron chi connectivity index (χ1n) is 6.72. The summed E-state index contributed by atoms with van der Waals surface area (Å²) in [4.78, 5) is 5.43. The Hall–Kier alpha value is -0.610. The lowest BCUT2D eigenvalue weighted by Crippen LogP contribution is -2.36. The van der Waals surface area contributed by atoms with Crippen molar-refractivity contribution in [3.8, 4) is 0 Å². The smallest absolute Gasteiger partial charge is 0.191 e. The van der Waals surface area contributed by atoms with E-state index in [2.05, 4.69) is 56.6 Å². The molecule has 0 atom stereocenters. The molecule has 122 valence electrons. The first-order chi connectivity index (χ1) is 10.1. The molecule has 22 heavy (non-hydrogen) atoms. The van der Waals surface area contributed by atoms with Crippen LogP contribution in [0.3, 0.4) is 0 Å². The van der Waals surface area contributed by atoms with Crippen LogP contribution in [0.2, 0.25) is 0 Å². The molecule has 0 radical (unpaired) electrons. The predicted octanol–water partition coefficient (Wildman–Crippen LogP) is 4.11. The number of halogens is 2. The van der Waals surface area contributed by atoms with Crippen molar-refractivity contribution in [3.05, 3.63) is 38.3 Å². The summed E-state index contributed by atoms with van der Waals surface area (Å²) in [7, 11) is 1.75. The molecular weight excluding hydrogens is 479 g/mol. The highest BCUT2D eigenvalue weighted by Gasteiger charge is 2.08. The summed E-state index contributed by atoms with van der Waals surface area (Å²) in [6.07, 6.45) is 0. The first-order valence-corrected chi connectivity index (χ1v) is 8.33. The van der Waals surface area contributed by atoms with E-state index in [1.165, 1.54) is 4.88 Å². The molecule has 0 aliphatic heterocycles. The second kappa shape index (κ2) is 9.51. The van der Waals surface area contributed by atoms with Crippen LogP contribution in [0.1, 0.15) is 36.1 Å². The van der Waals surface area contributed by atoms with Crippen molar-refractivity contribution in [1.82, 2.24) is 15.8 Å². The third-order valence-electron chi connectivity index (χ3n) is 2.88. The summed E-state index contributed by atoms with van der Waals surface area (Å²) < 4.78 is 6.42. The summed E-state index contributed by atoms with van der Waals surface area (Å²) in [5, 5.41) is 10.5. The summed E-state index contributed by atoms with van der Waals surface area (Å²) in [5.41, 5.74) is 0.971. The van der Waals surface area contributed by atoms with Crippen molar-refractivity contribution in [1.29, 1.82) is 0 Å². The van der Waals surface area contributed by atoms with Crippen molar-refractivity contribution in [2.45, 2.75) is 32.9 Å². The maximum atomic E-state index is 5.29. The second-order valence-electron chi connectivity index (χ2n) is 4.86. The molecule has 2 aromatic rings. The largest absolute Gasteiger partial charge is 0.359 e. The van der Waals surface area contributed by atoms with E-state index in [9.17, 15) is 0 Å². The summed E-state index contributed by atoms with van der Waals surface area (Å²) in [6.45, 7) is 5.49. The quantitative estimate of drug-likeness (QED) is 0.370. The number of thiophene rings is 1. The molecule has 5 nitrogen and oxygen atoms in total. The van der Waals surface area contributed by atoms with Gasteiger partial charge >= 0.3 is 0 Å². The van der Waals surface area contributed by atoms with Gasteiger partial charge in [-0.2, -0.15) is 0 Å². The van der Waals surface area contributed by atoms with Gasteiger partial charge in [0.05, 0.1) is 22.6 Å². The molecule has 0 saturated heterocycles. The molecule has 2 N–H and O–H groups in total. The highest BCUT2D eigenvalue weighted by atomic mass is 127. The van der Waals surface area contributed by atoms with Gasteiger partial charge in [0, 0.05) is 18.0 Å². The molecular formula is C14H20BrIN4OS. The molecule has 2 rings (SSSR count). The van der Waals surface area contributed by atoms with Crippen LogP contribution in [0.25, 0.3) is 0 Å². The average Bonchev–Trinajstić information content (AvgIpc) is 3.08. The van der Waals surface area contributed by atoms with Gasteiger partial charge in [0.1, 0.15) is 0 Å². The average molecular weight is 499 g/mol. The van der Waals surface area contributed by atoms with Crippen LogP contribution in [0, 0.1) is 0 Å². The molecule has 0 spiro atoms. The van der Waals surface area contributed by atoms with E-state index in [1.54, 1.807) is 18.4 Å². The fraction of sp³-hybridized carbons (Fsp3) is 0.429. The van der Waals surface area contributed by atoms with Gasteiger partial charge in [-0.1, -0.05) is 19.0 Å². The Morgan fingerprint density at radius 1 is 1.36 bits per heavy atom. The number of guanidine groups is 1. The molecule has 0 amide bonds. The number of rotatable bonds is 5. The van der Waals surface area contributed by atoms with E-state index in [0.717, 1.165) is 27.7 Å². The standard InChI is InChI=1S/C14H19BrN4OS.HI/c1-9(2)12-6-10(20-19-12)7-17-14(16-3)18-8-11-4-5-13(15)21-11;/h4-6,9H,7-8H2,1-3H3,(H2,16,17,18);1H. The van der Waals surface area contributed by atoms with Crippen LogP contribution in [-0.4, -0.2) is 18.2 Å². The normalized spacial score (nSPS) is 11.4. The molecule has 0 aromatic carbocycles. The molecule has 2 aromatic heterocycles. The Morgan fingerprint density at radius 3 is 2.64 bits per heavy atom. The van der Waals surface area contributed by atoms with Gasteiger partial charge in [0.15, 0.2) is 11.7 Å². The minimum atomic E-state index is 0. The van der Waals surface area contributed by atoms with Crippen LogP contribution in [-0.2, 0) is 13.1 Å². The van der Waals surface area contributed by atoms with E-state index >= 15 is 0 Å². The highest BCUT2D eigenvalue weighted by molar-refractivity contribution is 14.0. The number of hydrogen-bond acceptors (Lipinski definition) is 4. The second-order valence-corrected chi connectivity index (χ2v) is 7.41. The van der Waals surface area contributed by atoms with Crippen molar-refractivity contribution < 1.29 is 4.52 Å². The van der Waals surface area contributed by atoms with Gasteiger partial charge in [0.2, 0.25) is 0 Å². The number of aromatic nitrogens is 1. The predicted molar refractivity (Wildman–Crippen MR) is 105 cm³/mol. The zero-order chi connectivity index (χ0) is 15.2. The first kappa shape index (κ1) is 19.4. The topological polar surface area (TPSA) is 62.5 Å². The molecule has 2 heterocycles. The van der Waals surface area contributed by atoms with Gasteiger partial charge in [-0.3, -0.25) is 4.99 Å². The third-order valence-corrected chi connectivity index (χ3v) is 4.50. The van der Waals surface area contributed by atoms with Gasteiger partial charge in [-0.25, -0.2) is 0 Å². The number of nitrogens with zero attached hydrogens (tertiary/aromatic N) is 2. The lowest BCUT2D eigenvalue weighted by molar-refractivity contribution is 0.372. The van der Waals surface area contributed by atoms with E-state index in [4.69, 9.17) is 4.52 Å². The maximum Gasteiger partial charge on any atom is 0.191 e. The summed E-state index contributed by atoms with van der Waals surface area (Å²) >= 11 is 5.16. The van der Waals surface area contributed by atoms with Gasteiger partial charge in [0.25, 0.3) is 0 Å². The zero-order valence-corrected chi connectivity index (χ0v) is 17.5. The van der Waals surface area contributed by atoms with Crippen LogP contribution >= 0.6 is 51.2 Å². The van der Waals surface area contributed by atoms with E-state index < -0.39 is 0 Å². The van der Waals surface area contributed by atoms with Crippen molar-refractivity contribution >= 4 is 57.2 Å².